The number of hydrogen-bond acceptors (Lipinski definition) is 3. The Bertz CT molecular complexity index is 501. The summed E-state index contributed by atoms with van der Waals surface area (Å²) < 4.78 is 0. The second kappa shape index (κ2) is 6.10. The van der Waals surface area contributed by atoms with Crippen LogP contribution in [0, 0.1) is 6.92 Å². The van der Waals surface area contributed by atoms with Crippen molar-refractivity contribution >= 4 is 29.3 Å². The van der Waals surface area contributed by atoms with E-state index in [0.29, 0.717) is 19.4 Å². The Balaban J connectivity index is 2.07. The van der Waals surface area contributed by atoms with E-state index in [1.54, 1.807) is 16.7 Å². The second-order valence-electron chi connectivity index (χ2n) is 4.61. The van der Waals surface area contributed by atoms with Gasteiger partial charge in [0.25, 0.3) is 0 Å². The van der Waals surface area contributed by atoms with Crippen LogP contribution >= 0.6 is 11.8 Å². The average Bonchev–Trinajstić information content (AvgIpc) is 2.37. The van der Waals surface area contributed by atoms with E-state index in [0.717, 1.165) is 21.9 Å². The zero-order chi connectivity index (χ0) is 13.8. The van der Waals surface area contributed by atoms with Gasteiger partial charge in [-0.1, -0.05) is 6.07 Å². The third-order valence-electron chi connectivity index (χ3n) is 3.06. The Labute approximate surface area is 116 Å². The van der Waals surface area contributed by atoms with E-state index in [2.05, 4.69) is 0 Å². The maximum Gasteiger partial charge on any atom is 0.303 e. The van der Waals surface area contributed by atoms with Crippen LogP contribution in [0.1, 0.15) is 24.8 Å². The largest absolute Gasteiger partial charge is 0.481 e. The number of carboxylic acid groups (broad SMARTS) is 1. The highest BCUT2D eigenvalue weighted by Crippen LogP contribution is 2.35. The van der Waals surface area contributed by atoms with Gasteiger partial charge >= 0.3 is 5.97 Å². The van der Waals surface area contributed by atoms with Gasteiger partial charge in [-0.15, -0.1) is 11.8 Å². The van der Waals surface area contributed by atoms with Crippen LogP contribution in [0.3, 0.4) is 0 Å². The number of aryl methyl sites for hydroxylation is 1. The van der Waals surface area contributed by atoms with Gasteiger partial charge in [0.1, 0.15) is 0 Å². The molecule has 0 saturated heterocycles. The molecule has 0 unspecified atom stereocenters. The highest BCUT2D eigenvalue weighted by atomic mass is 32.2. The summed E-state index contributed by atoms with van der Waals surface area (Å²) in [5.41, 5.74) is 2.10. The third-order valence-corrected chi connectivity index (χ3v) is 4.10. The first-order chi connectivity index (χ1) is 9.08. The monoisotopic (exact) mass is 279 g/mol. The van der Waals surface area contributed by atoms with Crippen LogP contribution in [0.2, 0.25) is 0 Å². The molecular weight excluding hydrogens is 262 g/mol. The summed E-state index contributed by atoms with van der Waals surface area (Å²) >= 11 is 1.76. The van der Waals surface area contributed by atoms with Gasteiger partial charge in [-0.05, 0) is 31.0 Å². The van der Waals surface area contributed by atoms with Crippen LogP contribution in [0.15, 0.2) is 23.1 Å². The lowest BCUT2D eigenvalue weighted by atomic mass is 10.1. The van der Waals surface area contributed by atoms with Crippen molar-refractivity contribution in [2.45, 2.75) is 31.1 Å². The fraction of sp³-hybridized carbons (Fsp3) is 0.429. The molecule has 1 amide bonds. The summed E-state index contributed by atoms with van der Waals surface area (Å²) in [4.78, 5) is 25.6. The molecule has 0 spiro atoms. The first-order valence-electron chi connectivity index (χ1n) is 6.33. The van der Waals surface area contributed by atoms with Gasteiger partial charge in [0.2, 0.25) is 5.91 Å². The number of thioether (sulfide) groups is 1. The zero-order valence-electron chi connectivity index (χ0n) is 10.9. The molecule has 0 bridgehead atoms. The second-order valence-corrected chi connectivity index (χ2v) is 5.75. The first kappa shape index (κ1) is 13.9. The molecule has 2 rings (SSSR count). The molecule has 1 aromatic carbocycles. The zero-order valence-corrected chi connectivity index (χ0v) is 11.7. The average molecular weight is 279 g/mol. The lowest BCUT2D eigenvalue weighted by molar-refractivity contribution is -0.137. The summed E-state index contributed by atoms with van der Waals surface area (Å²) in [6.45, 7) is 2.71. The van der Waals surface area contributed by atoms with Gasteiger partial charge in [-0.25, -0.2) is 0 Å². The molecule has 4 nitrogen and oxygen atoms in total. The molecule has 1 aliphatic heterocycles. The molecule has 1 aliphatic rings. The third kappa shape index (κ3) is 3.50. The SMILES string of the molecule is Cc1ccc2c(c1)N(C(=O)CCCC(=O)O)CCS2. The molecule has 102 valence electrons. The highest BCUT2D eigenvalue weighted by Gasteiger charge is 2.22. The number of fused-ring (bicyclic) bond motifs is 1. The van der Waals surface area contributed by atoms with Crippen LogP contribution in [0.25, 0.3) is 0 Å². The van der Waals surface area contributed by atoms with Crippen molar-refractivity contribution in [3.8, 4) is 0 Å². The highest BCUT2D eigenvalue weighted by molar-refractivity contribution is 7.99. The topological polar surface area (TPSA) is 57.6 Å². The smallest absolute Gasteiger partial charge is 0.303 e. The minimum absolute atomic E-state index is 0.0217. The normalized spacial score (nSPS) is 14.1. The number of carboxylic acids is 1. The molecule has 1 aromatic rings. The molecule has 19 heavy (non-hydrogen) atoms. The van der Waals surface area contributed by atoms with Crippen LogP contribution < -0.4 is 4.90 Å². The van der Waals surface area contributed by atoms with Crippen LogP contribution in [0.4, 0.5) is 5.69 Å². The van der Waals surface area contributed by atoms with Crippen molar-refractivity contribution in [3.63, 3.8) is 0 Å². The summed E-state index contributed by atoms with van der Waals surface area (Å²) in [6, 6.07) is 6.12. The molecule has 0 fully saturated rings. The lowest BCUT2D eigenvalue weighted by Crippen LogP contribution is -2.35. The minimum atomic E-state index is -0.849. The first-order valence-corrected chi connectivity index (χ1v) is 7.32. The Morgan fingerprint density at radius 2 is 2.16 bits per heavy atom. The molecule has 0 radical (unpaired) electrons. The van der Waals surface area contributed by atoms with Gasteiger partial charge in [0.15, 0.2) is 0 Å². The Kier molecular flexibility index (Phi) is 4.47. The van der Waals surface area contributed by atoms with Gasteiger partial charge in [0.05, 0.1) is 5.69 Å². The number of benzene rings is 1. The van der Waals surface area contributed by atoms with E-state index in [4.69, 9.17) is 5.11 Å². The number of nitrogens with zero attached hydrogens (tertiary/aromatic N) is 1. The summed E-state index contributed by atoms with van der Waals surface area (Å²) in [6.07, 6.45) is 0.748. The summed E-state index contributed by atoms with van der Waals surface area (Å²) in [5, 5.41) is 8.60. The van der Waals surface area contributed by atoms with Gasteiger partial charge in [-0.2, -0.15) is 0 Å². The molecular formula is C14H17NO3S. The summed E-state index contributed by atoms with van der Waals surface area (Å²) in [7, 11) is 0. The fourth-order valence-electron chi connectivity index (χ4n) is 2.11. The maximum atomic E-state index is 12.2. The van der Waals surface area contributed by atoms with E-state index in [9.17, 15) is 9.59 Å². The van der Waals surface area contributed by atoms with Crippen molar-refractivity contribution in [3.05, 3.63) is 23.8 Å². The van der Waals surface area contributed by atoms with Crippen LogP contribution in [-0.2, 0) is 9.59 Å². The number of hydrogen-bond donors (Lipinski definition) is 1. The number of amides is 1. The number of aliphatic carboxylic acids is 1. The van der Waals surface area contributed by atoms with Crippen molar-refractivity contribution in [1.82, 2.24) is 0 Å². The van der Waals surface area contributed by atoms with Crippen LogP contribution in [0.5, 0.6) is 0 Å². The van der Waals surface area contributed by atoms with E-state index >= 15 is 0 Å². The van der Waals surface area contributed by atoms with Gasteiger partial charge in [-0.3, -0.25) is 9.59 Å². The van der Waals surface area contributed by atoms with Crippen LogP contribution in [-0.4, -0.2) is 29.3 Å². The van der Waals surface area contributed by atoms with Crippen molar-refractivity contribution < 1.29 is 14.7 Å². The lowest BCUT2D eigenvalue weighted by Gasteiger charge is -2.29. The number of rotatable bonds is 4. The predicted molar refractivity (Wildman–Crippen MR) is 75.7 cm³/mol. The van der Waals surface area contributed by atoms with E-state index in [-0.39, 0.29) is 12.3 Å². The molecule has 0 aliphatic carbocycles. The molecule has 5 heteroatoms. The van der Waals surface area contributed by atoms with E-state index < -0.39 is 5.97 Å². The molecule has 1 N–H and O–H groups in total. The van der Waals surface area contributed by atoms with Crippen molar-refractivity contribution in [2.24, 2.45) is 0 Å². The molecule has 1 heterocycles. The Morgan fingerprint density at radius 3 is 2.89 bits per heavy atom. The molecule has 0 atom stereocenters. The van der Waals surface area contributed by atoms with E-state index in [1.807, 2.05) is 25.1 Å². The Hall–Kier alpha value is -1.49. The number of anilines is 1. The van der Waals surface area contributed by atoms with Crippen molar-refractivity contribution in [1.29, 1.82) is 0 Å². The number of carbonyl (C=O) groups is 2. The standard InChI is InChI=1S/C14H17NO3S/c1-10-5-6-12-11(9-10)15(7-8-19-12)13(16)3-2-4-14(17)18/h5-6,9H,2-4,7-8H2,1H3,(H,17,18). The van der Waals surface area contributed by atoms with Crippen molar-refractivity contribution in [2.75, 3.05) is 17.2 Å². The fourth-order valence-corrected chi connectivity index (χ4v) is 3.09. The molecule has 0 aromatic heterocycles. The van der Waals surface area contributed by atoms with Gasteiger partial charge in [0, 0.05) is 30.0 Å². The van der Waals surface area contributed by atoms with Gasteiger partial charge < -0.3 is 10.0 Å². The quantitative estimate of drug-likeness (QED) is 0.920. The predicted octanol–water partition coefficient (Wildman–Crippen LogP) is 2.69. The molecule has 0 saturated carbocycles. The maximum absolute atomic E-state index is 12.2. The number of carbonyl (C=O) groups excluding carboxylic acids is 1. The van der Waals surface area contributed by atoms with E-state index in [1.165, 1.54) is 0 Å². The minimum Gasteiger partial charge on any atom is -0.481 e. The Morgan fingerprint density at radius 1 is 1.37 bits per heavy atom. The summed E-state index contributed by atoms with van der Waals surface area (Å²) in [5.74, 6) is 0.0624.